The molecule has 6 rings (SSSR count). The molecule has 1 unspecified atom stereocenters. The van der Waals surface area contributed by atoms with Crippen LogP contribution in [0.1, 0.15) is 29.3 Å². The first-order chi connectivity index (χ1) is 23.9. The fourth-order valence-corrected chi connectivity index (χ4v) is 6.37. The Morgan fingerprint density at radius 3 is 2.08 bits per heavy atom. The minimum atomic E-state index is -0.574. The van der Waals surface area contributed by atoms with Crippen LogP contribution in [-0.4, -0.2) is 35.5 Å². The number of carbonyl (C=O) groups is 4. The van der Waals surface area contributed by atoms with E-state index in [9.17, 15) is 19.2 Å². The second kappa shape index (κ2) is 15.3. The van der Waals surface area contributed by atoms with E-state index in [1.807, 2.05) is 67.6 Å². The van der Waals surface area contributed by atoms with Crippen LogP contribution < -0.4 is 20.3 Å². The van der Waals surface area contributed by atoms with E-state index in [2.05, 4.69) is 10.6 Å². The van der Waals surface area contributed by atoms with Crippen molar-refractivity contribution in [3.05, 3.63) is 150 Å². The summed E-state index contributed by atoms with van der Waals surface area (Å²) in [5.74, 6) is -0.786. The lowest BCUT2D eigenvalue weighted by Gasteiger charge is -2.15. The second-order valence-electron chi connectivity index (χ2n) is 11.1. The number of imide groups is 1. The molecule has 0 aromatic heterocycles. The Kier molecular flexibility index (Phi) is 10.3. The van der Waals surface area contributed by atoms with E-state index in [0.29, 0.717) is 29.3 Å². The highest BCUT2D eigenvalue weighted by molar-refractivity contribution is 8.00. The van der Waals surface area contributed by atoms with Crippen LogP contribution in [0.3, 0.4) is 0 Å². The molecule has 1 aliphatic rings. The van der Waals surface area contributed by atoms with Crippen LogP contribution in [0.25, 0.3) is 17.2 Å². The molecule has 1 heterocycles. The molecule has 5 aromatic carbocycles. The minimum absolute atomic E-state index is 0.0733. The predicted molar refractivity (Wildman–Crippen MR) is 193 cm³/mol. The number of benzene rings is 5. The molecule has 1 saturated heterocycles. The number of rotatable bonds is 11. The van der Waals surface area contributed by atoms with Gasteiger partial charge in [-0.1, -0.05) is 72.8 Å². The van der Waals surface area contributed by atoms with Crippen molar-refractivity contribution in [2.45, 2.75) is 23.5 Å². The highest BCUT2D eigenvalue weighted by Crippen LogP contribution is 2.35. The van der Waals surface area contributed by atoms with Gasteiger partial charge in [0.25, 0.3) is 11.8 Å². The third-order valence-electron chi connectivity index (χ3n) is 7.76. The largest absolute Gasteiger partial charge is 0.494 e. The van der Waals surface area contributed by atoms with Gasteiger partial charge in [-0.15, -0.1) is 11.8 Å². The average Bonchev–Trinajstić information content (AvgIpc) is 3.41. The van der Waals surface area contributed by atoms with Gasteiger partial charge in [0.2, 0.25) is 11.8 Å². The van der Waals surface area contributed by atoms with E-state index in [4.69, 9.17) is 4.74 Å². The quantitative estimate of drug-likeness (QED) is 0.111. The van der Waals surface area contributed by atoms with Crippen LogP contribution in [0.15, 0.2) is 144 Å². The van der Waals surface area contributed by atoms with Gasteiger partial charge < -0.3 is 15.4 Å². The molecule has 1 aliphatic heterocycles. The first kappa shape index (κ1) is 33.0. The van der Waals surface area contributed by atoms with Gasteiger partial charge in [0, 0.05) is 22.6 Å². The summed E-state index contributed by atoms with van der Waals surface area (Å²) in [5, 5.41) is 5.06. The molecule has 4 amide bonds. The van der Waals surface area contributed by atoms with E-state index in [0.717, 1.165) is 21.6 Å². The maximum atomic E-state index is 13.5. The van der Waals surface area contributed by atoms with Crippen molar-refractivity contribution in [2.75, 3.05) is 16.8 Å². The summed E-state index contributed by atoms with van der Waals surface area (Å²) in [7, 11) is 0. The Morgan fingerprint density at radius 2 is 1.43 bits per heavy atom. The summed E-state index contributed by atoms with van der Waals surface area (Å²) in [4.78, 5) is 54.6. The molecule has 1 atom stereocenters. The van der Waals surface area contributed by atoms with Gasteiger partial charge in [-0.25, -0.2) is 4.90 Å². The van der Waals surface area contributed by atoms with Gasteiger partial charge in [0.05, 0.1) is 17.5 Å². The fraction of sp³-hybridized carbons (Fsp3) is 0.100. The third kappa shape index (κ3) is 8.14. The van der Waals surface area contributed by atoms with E-state index in [1.54, 1.807) is 78.9 Å². The van der Waals surface area contributed by atoms with Gasteiger partial charge >= 0.3 is 0 Å². The second-order valence-corrected chi connectivity index (χ2v) is 12.4. The monoisotopic (exact) mass is 667 g/mol. The lowest BCUT2D eigenvalue weighted by Crippen LogP contribution is -2.31. The smallest absolute Gasteiger partial charge is 0.272 e. The maximum Gasteiger partial charge on any atom is 0.272 e. The molecular weight excluding hydrogens is 635 g/mol. The number of amides is 4. The Balaban J connectivity index is 1.14. The lowest BCUT2D eigenvalue weighted by molar-refractivity contribution is -0.121. The van der Waals surface area contributed by atoms with Gasteiger partial charge in [-0.3, -0.25) is 19.2 Å². The molecule has 244 valence electrons. The van der Waals surface area contributed by atoms with Crippen LogP contribution >= 0.6 is 11.8 Å². The Hall–Kier alpha value is -5.93. The van der Waals surface area contributed by atoms with Crippen molar-refractivity contribution in [2.24, 2.45) is 0 Å². The number of carbonyl (C=O) groups excluding carboxylic acids is 4. The summed E-state index contributed by atoms with van der Waals surface area (Å²) < 4.78 is 5.46. The molecular formula is C40H33N3O5S. The Morgan fingerprint density at radius 1 is 0.796 bits per heavy atom. The van der Waals surface area contributed by atoms with E-state index >= 15 is 0 Å². The lowest BCUT2D eigenvalue weighted by atomic mass is 10.0. The number of thioether (sulfide) groups is 1. The first-order valence-corrected chi connectivity index (χ1v) is 16.7. The van der Waals surface area contributed by atoms with Crippen LogP contribution in [0, 0.1) is 0 Å². The number of ether oxygens (including phenoxy) is 1. The zero-order valence-electron chi connectivity index (χ0n) is 26.7. The third-order valence-corrected chi connectivity index (χ3v) is 8.96. The summed E-state index contributed by atoms with van der Waals surface area (Å²) in [5.41, 5.74) is 4.34. The topological polar surface area (TPSA) is 105 Å². The zero-order chi connectivity index (χ0) is 34.2. The van der Waals surface area contributed by atoms with Gasteiger partial charge in [0.15, 0.2) is 0 Å². The number of hydrogen-bond acceptors (Lipinski definition) is 6. The molecule has 5 aromatic rings. The maximum absolute atomic E-state index is 13.5. The number of hydrogen-bond donors (Lipinski definition) is 2. The van der Waals surface area contributed by atoms with Gasteiger partial charge in [0.1, 0.15) is 11.4 Å². The fourth-order valence-electron chi connectivity index (χ4n) is 5.32. The van der Waals surface area contributed by atoms with Crippen molar-refractivity contribution >= 4 is 52.8 Å². The standard InChI is InChI=1S/C40H33N3O5S/c1-2-48-33-21-19-32(20-22-33)43-37(44)26-36(40(43)47)49-34-23-17-31(18-24-34)41-39(46)35(42-38(45)30-11-7-4-8-12-30)25-27-13-15-29(16-14-27)28-9-5-3-6-10-28/h3-25,36H,2,26H2,1H3,(H,41,46)(H,42,45)/b35-25-. The Labute approximate surface area is 288 Å². The first-order valence-electron chi connectivity index (χ1n) is 15.8. The minimum Gasteiger partial charge on any atom is -0.494 e. The summed E-state index contributed by atoms with van der Waals surface area (Å²) >= 11 is 1.30. The summed E-state index contributed by atoms with van der Waals surface area (Å²) in [6.07, 6.45) is 1.71. The van der Waals surface area contributed by atoms with Crippen molar-refractivity contribution in [1.29, 1.82) is 0 Å². The number of nitrogens with one attached hydrogen (secondary N) is 2. The molecule has 0 saturated carbocycles. The Bertz CT molecular complexity index is 1980. The highest BCUT2D eigenvalue weighted by Gasteiger charge is 2.40. The molecule has 49 heavy (non-hydrogen) atoms. The van der Waals surface area contributed by atoms with E-state index in [1.165, 1.54) is 16.7 Å². The van der Waals surface area contributed by atoms with Crippen molar-refractivity contribution in [3.8, 4) is 16.9 Å². The van der Waals surface area contributed by atoms with Crippen molar-refractivity contribution < 1.29 is 23.9 Å². The van der Waals surface area contributed by atoms with Crippen LogP contribution in [0.4, 0.5) is 11.4 Å². The normalized spacial score (nSPS) is 14.4. The summed E-state index contributed by atoms with van der Waals surface area (Å²) in [6, 6.07) is 40.2. The predicted octanol–water partition coefficient (Wildman–Crippen LogP) is 7.59. The molecule has 8 nitrogen and oxygen atoms in total. The van der Waals surface area contributed by atoms with Gasteiger partial charge in [-0.05, 0) is 90.4 Å². The molecule has 2 N–H and O–H groups in total. The summed E-state index contributed by atoms with van der Waals surface area (Å²) in [6.45, 7) is 2.41. The highest BCUT2D eigenvalue weighted by atomic mass is 32.2. The van der Waals surface area contributed by atoms with E-state index < -0.39 is 17.1 Å². The molecule has 9 heteroatoms. The van der Waals surface area contributed by atoms with Crippen LogP contribution in [0.2, 0.25) is 0 Å². The number of anilines is 2. The zero-order valence-corrected chi connectivity index (χ0v) is 27.5. The van der Waals surface area contributed by atoms with Crippen LogP contribution in [0.5, 0.6) is 5.75 Å². The van der Waals surface area contributed by atoms with Gasteiger partial charge in [-0.2, -0.15) is 0 Å². The SMILES string of the molecule is CCOc1ccc(N2C(=O)CC(Sc3ccc(NC(=O)/C(=C/c4ccc(-c5ccccc5)cc4)NC(=O)c4ccccc4)cc3)C2=O)cc1. The molecule has 1 fully saturated rings. The van der Waals surface area contributed by atoms with E-state index in [-0.39, 0.29) is 23.9 Å². The molecule has 0 aliphatic carbocycles. The van der Waals surface area contributed by atoms with Crippen LogP contribution in [-0.2, 0) is 14.4 Å². The molecule has 0 bridgehead atoms. The average molecular weight is 668 g/mol. The van der Waals surface area contributed by atoms with Crippen molar-refractivity contribution in [3.63, 3.8) is 0 Å². The molecule has 0 spiro atoms. The van der Waals surface area contributed by atoms with Crippen molar-refractivity contribution in [1.82, 2.24) is 5.32 Å². The number of nitrogens with zero attached hydrogens (tertiary/aromatic N) is 1. The molecule has 0 radical (unpaired) electrons.